The summed E-state index contributed by atoms with van der Waals surface area (Å²) < 4.78 is 0. The monoisotopic (exact) mass is 199 g/mol. The molecule has 0 aromatic rings. The van der Waals surface area contributed by atoms with Crippen molar-refractivity contribution in [2.45, 2.75) is 66.8 Å². The van der Waals surface area contributed by atoms with Crippen LogP contribution in [0.15, 0.2) is 0 Å². The molecule has 0 aliphatic rings. The number of nitrogens with zero attached hydrogens (tertiary/aromatic N) is 1. The average molecular weight is 199 g/mol. The van der Waals surface area contributed by atoms with Gasteiger partial charge >= 0.3 is 0 Å². The Morgan fingerprint density at radius 1 is 0.929 bits per heavy atom. The van der Waals surface area contributed by atoms with Gasteiger partial charge in [0.05, 0.1) is 0 Å². The summed E-state index contributed by atoms with van der Waals surface area (Å²) in [5.41, 5.74) is 0.685. The molecule has 0 fully saturated rings. The Morgan fingerprint density at radius 3 is 1.71 bits per heavy atom. The highest BCUT2D eigenvalue weighted by molar-refractivity contribution is 4.93. The second-order valence-electron chi connectivity index (χ2n) is 5.38. The van der Waals surface area contributed by atoms with E-state index in [4.69, 9.17) is 0 Å². The molecule has 1 heteroatoms. The van der Waals surface area contributed by atoms with Crippen LogP contribution in [0, 0.1) is 5.41 Å². The average Bonchev–Trinajstić information content (AvgIpc) is 2.13. The first-order valence-electron chi connectivity index (χ1n) is 6.08. The van der Waals surface area contributed by atoms with E-state index in [1.165, 1.54) is 19.4 Å². The van der Waals surface area contributed by atoms with Crippen LogP contribution in [0.2, 0.25) is 0 Å². The molecule has 0 aliphatic carbocycles. The lowest BCUT2D eigenvalue weighted by molar-refractivity contribution is 0.0120. The van der Waals surface area contributed by atoms with Gasteiger partial charge in [-0.3, -0.25) is 4.90 Å². The van der Waals surface area contributed by atoms with E-state index >= 15 is 0 Å². The molecule has 86 valence electrons. The first-order chi connectivity index (χ1) is 6.33. The fraction of sp³-hybridized carbons (Fsp3) is 1.00. The summed E-state index contributed by atoms with van der Waals surface area (Å²) in [6.45, 7) is 18.7. The zero-order chi connectivity index (χ0) is 11.4. The standard InChI is InChI=1S/C13H29N/c1-8-11-14(10-3)13(6,7)12(4,5)9-2/h8-11H2,1-7H3. The summed E-state index contributed by atoms with van der Waals surface area (Å²) in [6.07, 6.45) is 2.48. The quantitative estimate of drug-likeness (QED) is 0.626. The van der Waals surface area contributed by atoms with Crippen molar-refractivity contribution in [3.63, 3.8) is 0 Å². The van der Waals surface area contributed by atoms with E-state index in [0.717, 1.165) is 6.54 Å². The van der Waals surface area contributed by atoms with Gasteiger partial charge in [-0.25, -0.2) is 0 Å². The summed E-state index contributed by atoms with van der Waals surface area (Å²) in [5, 5.41) is 0. The van der Waals surface area contributed by atoms with Crippen LogP contribution in [-0.2, 0) is 0 Å². The lowest BCUT2D eigenvalue weighted by Crippen LogP contribution is -2.53. The molecule has 0 aromatic carbocycles. The molecule has 0 rings (SSSR count). The molecule has 0 aliphatic heterocycles. The van der Waals surface area contributed by atoms with E-state index in [1.54, 1.807) is 0 Å². The third kappa shape index (κ3) is 2.73. The Morgan fingerprint density at radius 2 is 1.43 bits per heavy atom. The minimum absolute atomic E-state index is 0.298. The molecule has 14 heavy (non-hydrogen) atoms. The summed E-state index contributed by atoms with van der Waals surface area (Å²) in [7, 11) is 0. The van der Waals surface area contributed by atoms with E-state index in [2.05, 4.69) is 53.4 Å². The largest absolute Gasteiger partial charge is 0.298 e. The van der Waals surface area contributed by atoms with Gasteiger partial charge in [-0.2, -0.15) is 0 Å². The highest BCUT2D eigenvalue weighted by Crippen LogP contribution is 2.38. The van der Waals surface area contributed by atoms with Gasteiger partial charge in [0, 0.05) is 5.54 Å². The van der Waals surface area contributed by atoms with Gasteiger partial charge in [0.15, 0.2) is 0 Å². The lowest BCUT2D eigenvalue weighted by Gasteiger charge is -2.49. The van der Waals surface area contributed by atoms with Crippen molar-refractivity contribution in [2.75, 3.05) is 13.1 Å². The van der Waals surface area contributed by atoms with Crippen LogP contribution >= 0.6 is 0 Å². The molecule has 0 heterocycles. The topological polar surface area (TPSA) is 3.24 Å². The van der Waals surface area contributed by atoms with Crippen molar-refractivity contribution in [3.05, 3.63) is 0 Å². The van der Waals surface area contributed by atoms with Crippen molar-refractivity contribution < 1.29 is 0 Å². The van der Waals surface area contributed by atoms with Crippen molar-refractivity contribution in [1.29, 1.82) is 0 Å². The van der Waals surface area contributed by atoms with E-state index in [0.29, 0.717) is 11.0 Å². The van der Waals surface area contributed by atoms with Crippen LogP contribution in [0.5, 0.6) is 0 Å². The van der Waals surface area contributed by atoms with Crippen molar-refractivity contribution in [2.24, 2.45) is 5.41 Å². The molecule has 0 saturated heterocycles. The van der Waals surface area contributed by atoms with Gasteiger partial charge in [-0.1, -0.05) is 34.6 Å². The molecule has 0 bridgehead atoms. The van der Waals surface area contributed by atoms with Crippen LogP contribution in [-0.4, -0.2) is 23.5 Å². The van der Waals surface area contributed by atoms with E-state index in [9.17, 15) is 0 Å². The SMILES string of the molecule is CCCN(CC)C(C)(C)C(C)(C)CC. The van der Waals surface area contributed by atoms with Gasteiger partial charge in [0.1, 0.15) is 0 Å². The Balaban J connectivity index is 4.70. The molecule has 0 saturated carbocycles. The normalized spacial score (nSPS) is 13.7. The second kappa shape index (κ2) is 5.16. The zero-order valence-electron chi connectivity index (χ0n) is 11.3. The summed E-state index contributed by atoms with van der Waals surface area (Å²) in [4.78, 5) is 2.61. The Labute approximate surface area is 90.9 Å². The smallest absolute Gasteiger partial charge is 0.0203 e. The third-order valence-corrected chi connectivity index (χ3v) is 4.21. The zero-order valence-corrected chi connectivity index (χ0v) is 11.3. The maximum absolute atomic E-state index is 2.61. The van der Waals surface area contributed by atoms with Crippen molar-refractivity contribution >= 4 is 0 Å². The van der Waals surface area contributed by atoms with Gasteiger partial charge < -0.3 is 0 Å². The molecule has 0 aromatic heterocycles. The molecular weight excluding hydrogens is 170 g/mol. The second-order valence-corrected chi connectivity index (χ2v) is 5.38. The molecule has 0 radical (unpaired) electrons. The number of rotatable bonds is 6. The number of hydrogen-bond acceptors (Lipinski definition) is 1. The number of hydrogen-bond donors (Lipinski definition) is 0. The molecule has 1 nitrogen and oxygen atoms in total. The van der Waals surface area contributed by atoms with Gasteiger partial charge in [0.2, 0.25) is 0 Å². The fourth-order valence-electron chi connectivity index (χ4n) is 1.96. The predicted molar refractivity (Wildman–Crippen MR) is 65.7 cm³/mol. The first-order valence-corrected chi connectivity index (χ1v) is 6.08. The molecule has 0 unspecified atom stereocenters. The van der Waals surface area contributed by atoms with Crippen LogP contribution in [0.3, 0.4) is 0 Å². The lowest BCUT2D eigenvalue weighted by atomic mass is 9.71. The molecular formula is C13H29N. The van der Waals surface area contributed by atoms with Gasteiger partial charge in [0.25, 0.3) is 0 Å². The van der Waals surface area contributed by atoms with Crippen LogP contribution in [0.4, 0.5) is 0 Å². The highest BCUT2D eigenvalue weighted by atomic mass is 15.2. The molecule has 0 atom stereocenters. The predicted octanol–water partition coefficient (Wildman–Crippen LogP) is 3.93. The minimum Gasteiger partial charge on any atom is -0.298 e. The van der Waals surface area contributed by atoms with E-state index in [1.807, 2.05) is 0 Å². The third-order valence-electron chi connectivity index (χ3n) is 4.21. The molecule has 0 N–H and O–H groups in total. The van der Waals surface area contributed by atoms with E-state index in [-0.39, 0.29) is 0 Å². The highest BCUT2D eigenvalue weighted by Gasteiger charge is 2.39. The van der Waals surface area contributed by atoms with Crippen LogP contribution < -0.4 is 0 Å². The Bertz CT molecular complexity index is 159. The molecule has 0 amide bonds. The summed E-state index contributed by atoms with van der Waals surface area (Å²) >= 11 is 0. The Hall–Kier alpha value is -0.0400. The van der Waals surface area contributed by atoms with Gasteiger partial charge in [-0.15, -0.1) is 0 Å². The fourth-order valence-corrected chi connectivity index (χ4v) is 1.96. The van der Waals surface area contributed by atoms with E-state index < -0.39 is 0 Å². The first kappa shape index (κ1) is 14.0. The van der Waals surface area contributed by atoms with Gasteiger partial charge in [-0.05, 0) is 45.2 Å². The van der Waals surface area contributed by atoms with Crippen molar-refractivity contribution in [1.82, 2.24) is 4.90 Å². The maximum atomic E-state index is 2.61. The van der Waals surface area contributed by atoms with Crippen LogP contribution in [0.1, 0.15) is 61.3 Å². The minimum atomic E-state index is 0.298. The van der Waals surface area contributed by atoms with Crippen molar-refractivity contribution in [3.8, 4) is 0 Å². The Kier molecular flexibility index (Phi) is 5.14. The van der Waals surface area contributed by atoms with Crippen LogP contribution in [0.25, 0.3) is 0 Å². The maximum Gasteiger partial charge on any atom is 0.0203 e. The molecule has 0 spiro atoms. The summed E-state index contributed by atoms with van der Waals surface area (Å²) in [5.74, 6) is 0. The summed E-state index contributed by atoms with van der Waals surface area (Å²) in [6, 6.07) is 0.